The second-order valence-electron chi connectivity index (χ2n) is 7.30. The summed E-state index contributed by atoms with van der Waals surface area (Å²) in [6.45, 7) is 0.719. The van der Waals surface area contributed by atoms with Crippen molar-refractivity contribution in [3.05, 3.63) is 113 Å². The highest BCUT2D eigenvalue weighted by Gasteiger charge is 2.33. The molecule has 0 unspecified atom stereocenters. The molecule has 4 heteroatoms. The fourth-order valence-corrected chi connectivity index (χ4v) is 9.86. The molecule has 154 valence electrons. The second-order valence-corrected chi connectivity index (χ2v) is 11.7. The molecule has 4 rings (SSSR count). The summed E-state index contributed by atoms with van der Waals surface area (Å²) in [5, 5.41) is 4.15. The average Bonchev–Trinajstić information content (AvgIpc) is 3.29. The van der Waals surface area contributed by atoms with Crippen LogP contribution in [-0.4, -0.2) is 16.9 Å². The van der Waals surface area contributed by atoms with Crippen molar-refractivity contribution in [2.24, 2.45) is 0 Å². The van der Waals surface area contributed by atoms with Crippen LogP contribution in [0.1, 0.15) is 28.4 Å². The molecule has 0 fully saturated rings. The molecule has 0 N–H and O–H groups in total. The molecule has 31 heavy (non-hydrogen) atoms. The zero-order valence-electron chi connectivity index (χ0n) is 17.5. The van der Waals surface area contributed by atoms with Gasteiger partial charge in [0.25, 0.3) is 0 Å². The van der Waals surface area contributed by atoms with E-state index in [1.807, 2.05) is 66.7 Å². The minimum atomic E-state index is -2.49. The van der Waals surface area contributed by atoms with Gasteiger partial charge in [0.15, 0.2) is 11.6 Å². The Bertz CT molecular complexity index is 1170. The van der Waals surface area contributed by atoms with Gasteiger partial charge < -0.3 is 0 Å². The first-order valence-electron chi connectivity index (χ1n) is 10.1. The Morgan fingerprint density at radius 2 is 0.968 bits per heavy atom. The van der Waals surface area contributed by atoms with E-state index >= 15 is 0 Å². The molecule has 0 aliphatic carbocycles. The second kappa shape index (κ2) is 9.01. The third kappa shape index (κ3) is 3.87. The maximum Gasteiger partial charge on any atom is 0.169 e. The minimum absolute atomic E-state index is 0.0159. The predicted molar refractivity (Wildman–Crippen MR) is 134 cm³/mol. The number of rotatable bonds is 6. The zero-order chi connectivity index (χ0) is 21.8. The molecule has 0 saturated carbocycles. The van der Waals surface area contributed by atoms with Crippen LogP contribution in [0.2, 0.25) is 0 Å². The molecule has 0 spiro atoms. The van der Waals surface area contributed by atoms with Crippen molar-refractivity contribution < 1.29 is 9.59 Å². The number of carbonyl (C=O) groups excluding carboxylic acids is 2. The van der Waals surface area contributed by atoms with Gasteiger partial charge in [-0.1, -0.05) is 91.0 Å². The van der Waals surface area contributed by atoms with E-state index in [2.05, 4.69) is 36.4 Å². The highest BCUT2D eigenvalue weighted by molar-refractivity contribution is 7.97. The topological polar surface area (TPSA) is 34.1 Å². The Morgan fingerprint density at radius 1 is 0.581 bits per heavy atom. The number of benzene rings is 3. The Balaban J connectivity index is 2.27. The highest BCUT2D eigenvalue weighted by Crippen LogP contribution is 2.48. The van der Waals surface area contributed by atoms with E-state index in [1.54, 1.807) is 13.8 Å². The third-order valence-corrected chi connectivity index (χ3v) is 11.1. The average molecular weight is 443 g/mol. The van der Waals surface area contributed by atoms with Crippen molar-refractivity contribution in [1.82, 2.24) is 0 Å². The van der Waals surface area contributed by atoms with Gasteiger partial charge >= 0.3 is 0 Å². The molecular weight excluding hydrogens is 419 g/mol. The Labute approximate surface area is 187 Å². The van der Waals surface area contributed by atoms with Crippen LogP contribution >= 0.6 is 18.2 Å². The summed E-state index contributed by atoms with van der Waals surface area (Å²) in [5.41, 5.74) is 0. The van der Waals surface area contributed by atoms with E-state index in [4.69, 9.17) is 0 Å². The Kier molecular flexibility index (Phi) is 6.18. The van der Waals surface area contributed by atoms with Gasteiger partial charge in [0.1, 0.15) is 0 Å². The minimum Gasteiger partial charge on any atom is -0.294 e. The van der Waals surface area contributed by atoms with E-state index in [-0.39, 0.29) is 11.6 Å². The Morgan fingerprint density at radius 3 is 1.29 bits per heavy atom. The molecule has 0 radical (unpaired) electrons. The van der Waals surface area contributed by atoms with Crippen LogP contribution in [-0.2, 0) is 4.79 Å². The third-order valence-electron chi connectivity index (χ3n) is 5.29. The number of hydrogen-bond acceptors (Lipinski definition) is 3. The summed E-state index contributed by atoms with van der Waals surface area (Å²) < 4.78 is 0. The zero-order valence-corrected chi connectivity index (χ0v) is 19.2. The molecule has 4 aromatic rings. The van der Waals surface area contributed by atoms with Crippen LogP contribution in [0.4, 0.5) is 0 Å². The maximum atomic E-state index is 13.4. The molecule has 1 aromatic heterocycles. The molecule has 2 nitrogen and oxygen atoms in total. The molecule has 3 aromatic carbocycles. The molecule has 0 aliphatic rings. The number of hydrogen-bond donors (Lipinski definition) is 0. The van der Waals surface area contributed by atoms with Crippen LogP contribution in [0.3, 0.4) is 0 Å². The summed E-state index contributed by atoms with van der Waals surface area (Å²) >= 11 is 1.41. The monoisotopic (exact) mass is 442 g/mol. The van der Waals surface area contributed by atoms with Crippen molar-refractivity contribution in [2.45, 2.75) is 13.8 Å². The van der Waals surface area contributed by atoms with Gasteiger partial charge in [-0.15, -0.1) is 11.3 Å². The van der Waals surface area contributed by atoms with Crippen molar-refractivity contribution in [2.75, 3.05) is 0 Å². The largest absolute Gasteiger partial charge is 0.294 e. The van der Waals surface area contributed by atoms with Crippen molar-refractivity contribution in [3.8, 4) is 0 Å². The number of Topliss-reactive ketones (excluding diaryl/α,β-unsaturated/α-hetero) is 2. The van der Waals surface area contributed by atoms with Crippen molar-refractivity contribution in [3.63, 3.8) is 0 Å². The number of ketones is 2. The van der Waals surface area contributed by atoms with E-state index in [1.165, 1.54) is 11.3 Å². The van der Waals surface area contributed by atoms with Gasteiger partial charge in [-0.2, -0.15) is 0 Å². The van der Waals surface area contributed by atoms with Crippen molar-refractivity contribution in [1.29, 1.82) is 0 Å². The number of thiophene rings is 1. The van der Waals surface area contributed by atoms with Gasteiger partial charge in [0, 0.05) is 10.2 Å². The van der Waals surface area contributed by atoms with Crippen molar-refractivity contribution >= 4 is 51.0 Å². The summed E-state index contributed by atoms with van der Waals surface area (Å²) in [5.74, 6) is 0.0454. The van der Waals surface area contributed by atoms with Crippen LogP contribution in [0.15, 0.2) is 103 Å². The normalized spacial score (nSPS) is 11.2. The maximum absolute atomic E-state index is 13.4. The molecule has 0 atom stereocenters. The van der Waals surface area contributed by atoms with Crippen LogP contribution in [0.5, 0.6) is 0 Å². The fraction of sp³-hybridized carbons (Fsp3) is 0.0741. The van der Waals surface area contributed by atoms with Gasteiger partial charge in [-0.25, -0.2) is 0 Å². The fourth-order valence-electron chi connectivity index (χ4n) is 4.02. The van der Waals surface area contributed by atoms with Gasteiger partial charge in [0.05, 0.1) is 4.88 Å². The predicted octanol–water partition coefficient (Wildman–Crippen LogP) is 5.05. The lowest BCUT2D eigenvalue weighted by Crippen LogP contribution is -2.33. The lowest BCUT2D eigenvalue weighted by Gasteiger charge is -2.31. The van der Waals surface area contributed by atoms with Gasteiger partial charge in [0.2, 0.25) is 0 Å². The lowest BCUT2D eigenvalue weighted by atomic mass is 10.2. The van der Waals surface area contributed by atoms with Gasteiger partial charge in [-0.3, -0.25) is 9.59 Å². The summed E-state index contributed by atoms with van der Waals surface area (Å²) in [7, 11) is 0. The Hall–Kier alpha value is -3.00. The summed E-state index contributed by atoms with van der Waals surface area (Å²) in [4.78, 5) is 27.0. The summed E-state index contributed by atoms with van der Waals surface area (Å²) in [6, 6.07) is 34.7. The first-order chi connectivity index (χ1) is 15.0. The molecule has 0 aliphatic heterocycles. The summed E-state index contributed by atoms with van der Waals surface area (Å²) in [6.07, 6.45) is 0. The standard InChI is InChI=1S/C27H23O2PS/c1-20(28)25-18-19-26(31-25)27(21(2)29)30(22-12-6-3-7-13-22,23-14-8-4-9-15-23)24-16-10-5-11-17-24/h3-19H,1-2H3. The first kappa shape index (κ1) is 21.2. The van der Waals surface area contributed by atoms with E-state index < -0.39 is 6.89 Å². The first-order valence-corrected chi connectivity index (χ1v) is 12.7. The van der Waals surface area contributed by atoms with E-state index in [0.29, 0.717) is 4.88 Å². The molecule has 1 heterocycles. The molecular formula is C27H23O2PS. The smallest absolute Gasteiger partial charge is 0.169 e. The molecule has 0 amide bonds. The van der Waals surface area contributed by atoms with Crippen LogP contribution in [0.25, 0.3) is 0 Å². The number of carbonyl (C=O) groups is 2. The van der Waals surface area contributed by atoms with Gasteiger partial charge in [-0.05, 0) is 48.8 Å². The SMILES string of the molecule is CC(=O)C(c1ccc(C(C)=O)s1)=P(c1ccccc1)(c1ccccc1)c1ccccc1. The quantitative estimate of drug-likeness (QED) is 0.309. The van der Waals surface area contributed by atoms with Crippen LogP contribution < -0.4 is 15.9 Å². The molecule has 0 bridgehead atoms. The molecule has 0 saturated heterocycles. The van der Waals surface area contributed by atoms with Crippen LogP contribution in [0, 0.1) is 0 Å². The van der Waals surface area contributed by atoms with E-state index in [9.17, 15) is 9.59 Å². The van der Waals surface area contributed by atoms with E-state index in [0.717, 1.165) is 26.1 Å². The lowest BCUT2D eigenvalue weighted by molar-refractivity contribution is -0.110. The highest BCUT2D eigenvalue weighted by atomic mass is 32.1.